The Balaban J connectivity index is 2.18. The fourth-order valence-corrected chi connectivity index (χ4v) is 2.47. The summed E-state index contributed by atoms with van der Waals surface area (Å²) in [6, 6.07) is 9.21. The van der Waals surface area contributed by atoms with Gasteiger partial charge in [0.25, 0.3) is 0 Å². The van der Waals surface area contributed by atoms with E-state index in [0.29, 0.717) is 11.1 Å². The van der Waals surface area contributed by atoms with E-state index >= 15 is 0 Å². The number of nitrogens with two attached hydrogens (primary N) is 3. The van der Waals surface area contributed by atoms with Crippen molar-refractivity contribution in [1.29, 1.82) is 0 Å². The van der Waals surface area contributed by atoms with E-state index in [0.717, 1.165) is 6.07 Å². The number of nitrogens with zero attached hydrogens (tertiary/aromatic N) is 4. The summed E-state index contributed by atoms with van der Waals surface area (Å²) in [5, 5.41) is 6.78. The van der Waals surface area contributed by atoms with Crippen LogP contribution in [0.3, 0.4) is 0 Å². The van der Waals surface area contributed by atoms with Crippen molar-refractivity contribution in [3.05, 3.63) is 71.7 Å². The lowest BCUT2D eigenvalue weighted by molar-refractivity contribution is 0.510. The van der Waals surface area contributed by atoms with Crippen LogP contribution < -0.4 is 17.3 Å². The topological polar surface area (TPSA) is 128 Å². The summed E-state index contributed by atoms with van der Waals surface area (Å²) in [5.41, 5.74) is 12.1. The van der Waals surface area contributed by atoms with E-state index < -0.39 is 17.5 Å². The number of halogens is 3. The van der Waals surface area contributed by atoms with Crippen molar-refractivity contribution in [2.75, 3.05) is 11.5 Å². The predicted octanol–water partition coefficient (Wildman–Crippen LogP) is 3.73. The molecule has 10 heteroatoms. The van der Waals surface area contributed by atoms with Crippen LogP contribution in [0.1, 0.15) is 5.56 Å². The molecule has 0 aliphatic heterocycles. The first-order valence-corrected chi connectivity index (χ1v) is 7.86. The summed E-state index contributed by atoms with van der Waals surface area (Å²) in [5.74, 6) is 2.00. The van der Waals surface area contributed by atoms with E-state index in [-0.39, 0.29) is 28.6 Å². The molecule has 1 aromatic heterocycles. The summed E-state index contributed by atoms with van der Waals surface area (Å²) in [6.07, 6.45) is 1.38. The van der Waals surface area contributed by atoms with Crippen LogP contribution in [0.5, 0.6) is 0 Å². The van der Waals surface area contributed by atoms with Crippen molar-refractivity contribution in [3.8, 4) is 11.1 Å². The molecule has 0 spiro atoms. The van der Waals surface area contributed by atoms with Gasteiger partial charge in [0.15, 0.2) is 17.5 Å². The van der Waals surface area contributed by atoms with Crippen molar-refractivity contribution in [3.63, 3.8) is 0 Å². The summed E-state index contributed by atoms with van der Waals surface area (Å²) >= 11 is 0. The molecule has 28 heavy (non-hydrogen) atoms. The second-order valence-electron chi connectivity index (χ2n) is 5.58. The van der Waals surface area contributed by atoms with E-state index in [2.05, 4.69) is 20.3 Å². The molecule has 3 aromatic rings. The van der Waals surface area contributed by atoms with Gasteiger partial charge >= 0.3 is 0 Å². The fraction of sp³-hybridized carbons (Fsp3) is 0. The van der Waals surface area contributed by atoms with Crippen LogP contribution in [-0.4, -0.2) is 10.8 Å². The van der Waals surface area contributed by atoms with Crippen LogP contribution in [0.15, 0.2) is 64.0 Å². The minimum Gasteiger partial charge on any atom is -0.396 e. The van der Waals surface area contributed by atoms with Gasteiger partial charge in [-0.2, -0.15) is 0 Å². The number of para-hydroxylation sites is 1. The number of benzene rings is 2. The number of nitrogen functional groups attached to an aromatic ring is 2. The zero-order chi connectivity index (χ0) is 20.3. The van der Waals surface area contributed by atoms with Gasteiger partial charge in [0.2, 0.25) is 0 Å². The molecule has 0 unspecified atom stereocenters. The quantitative estimate of drug-likeness (QED) is 0.158. The molecular formula is C18H14F3N7. The van der Waals surface area contributed by atoms with Crippen LogP contribution in [0.2, 0.25) is 0 Å². The highest BCUT2D eigenvalue weighted by molar-refractivity contribution is 6.05. The van der Waals surface area contributed by atoms with E-state index in [4.69, 9.17) is 17.3 Å². The molecule has 0 saturated heterocycles. The number of aliphatic imine (C=N–C) groups is 1. The monoisotopic (exact) mass is 385 g/mol. The molecule has 0 aliphatic rings. The van der Waals surface area contributed by atoms with Gasteiger partial charge in [-0.15, -0.1) is 5.11 Å². The maximum atomic E-state index is 14.0. The van der Waals surface area contributed by atoms with E-state index in [1.54, 1.807) is 6.07 Å². The van der Waals surface area contributed by atoms with Crippen molar-refractivity contribution >= 4 is 23.0 Å². The lowest BCUT2D eigenvalue weighted by Gasteiger charge is -2.10. The first-order valence-electron chi connectivity index (χ1n) is 7.86. The lowest BCUT2D eigenvalue weighted by Crippen LogP contribution is -2.06. The molecule has 0 aliphatic carbocycles. The molecule has 2 aromatic carbocycles. The van der Waals surface area contributed by atoms with Crippen molar-refractivity contribution in [1.82, 2.24) is 4.98 Å². The lowest BCUT2D eigenvalue weighted by atomic mass is 10.0. The predicted molar refractivity (Wildman–Crippen MR) is 100 cm³/mol. The minimum atomic E-state index is -1.18. The smallest absolute Gasteiger partial charge is 0.187 e. The summed E-state index contributed by atoms with van der Waals surface area (Å²) in [6.45, 7) is 0. The number of hydrogen-bond acceptors (Lipinski definition) is 5. The summed E-state index contributed by atoms with van der Waals surface area (Å²) in [7, 11) is 0. The molecule has 0 atom stereocenters. The molecule has 7 nitrogen and oxygen atoms in total. The number of rotatable bonds is 3. The van der Waals surface area contributed by atoms with E-state index in [1.165, 1.54) is 36.5 Å². The van der Waals surface area contributed by atoms with Crippen molar-refractivity contribution in [2.24, 2.45) is 21.2 Å². The van der Waals surface area contributed by atoms with Gasteiger partial charge in [-0.3, -0.25) is 0 Å². The largest absolute Gasteiger partial charge is 0.396 e. The molecule has 3 rings (SSSR count). The first-order chi connectivity index (χ1) is 13.4. The third kappa shape index (κ3) is 3.61. The van der Waals surface area contributed by atoms with Gasteiger partial charge < -0.3 is 17.3 Å². The Bertz CT molecular complexity index is 1100. The average Bonchev–Trinajstić information content (AvgIpc) is 2.68. The van der Waals surface area contributed by atoms with Crippen LogP contribution in [0, 0.1) is 17.5 Å². The molecule has 0 bridgehead atoms. The van der Waals surface area contributed by atoms with Gasteiger partial charge in [-0.1, -0.05) is 23.4 Å². The van der Waals surface area contributed by atoms with Crippen molar-refractivity contribution in [2.45, 2.75) is 0 Å². The summed E-state index contributed by atoms with van der Waals surface area (Å²) in [4.78, 5) is 7.97. The molecule has 0 saturated carbocycles. The maximum Gasteiger partial charge on any atom is 0.187 e. The Morgan fingerprint density at radius 3 is 2.43 bits per heavy atom. The molecule has 0 radical (unpaired) electrons. The summed E-state index contributed by atoms with van der Waals surface area (Å²) < 4.78 is 41.2. The molecule has 0 fully saturated rings. The van der Waals surface area contributed by atoms with Gasteiger partial charge in [0.05, 0.1) is 11.3 Å². The number of amidine groups is 1. The Morgan fingerprint density at radius 2 is 1.68 bits per heavy atom. The Labute approximate surface area is 157 Å². The highest BCUT2D eigenvalue weighted by atomic mass is 19.2. The van der Waals surface area contributed by atoms with E-state index in [1.807, 2.05) is 0 Å². The van der Waals surface area contributed by atoms with Gasteiger partial charge in [-0.25, -0.2) is 23.1 Å². The Morgan fingerprint density at radius 1 is 0.964 bits per heavy atom. The second kappa shape index (κ2) is 7.74. The zero-order valence-corrected chi connectivity index (χ0v) is 14.3. The van der Waals surface area contributed by atoms with Crippen LogP contribution in [-0.2, 0) is 0 Å². The molecule has 142 valence electrons. The maximum absolute atomic E-state index is 14.0. The second-order valence-corrected chi connectivity index (χ2v) is 5.58. The highest BCUT2D eigenvalue weighted by Crippen LogP contribution is 2.30. The van der Waals surface area contributed by atoms with Gasteiger partial charge in [0.1, 0.15) is 17.3 Å². The van der Waals surface area contributed by atoms with Gasteiger partial charge in [-0.05, 0) is 24.3 Å². The average molecular weight is 385 g/mol. The SMILES string of the molecule is NN=NC(=Nc1cccc(F)c1F)c1cc(-c2cccc(F)c2N)cnc1N. The van der Waals surface area contributed by atoms with Gasteiger partial charge in [0, 0.05) is 17.3 Å². The molecule has 1 heterocycles. The fourth-order valence-electron chi connectivity index (χ4n) is 2.47. The Kier molecular flexibility index (Phi) is 5.21. The number of pyridine rings is 1. The normalized spacial score (nSPS) is 11.9. The number of anilines is 2. The highest BCUT2D eigenvalue weighted by Gasteiger charge is 2.15. The third-order valence-corrected chi connectivity index (χ3v) is 3.83. The first kappa shape index (κ1) is 18.8. The van der Waals surface area contributed by atoms with Crippen LogP contribution >= 0.6 is 0 Å². The molecule has 6 N–H and O–H groups in total. The third-order valence-electron chi connectivity index (χ3n) is 3.83. The van der Waals surface area contributed by atoms with Crippen LogP contribution in [0.25, 0.3) is 11.1 Å². The van der Waals surface area contributed by atoms with Crippen molar-refractivity contribution < 1.29 is 13.2 Å². The number of aromatic nitrogens is 1. The zero-order valence-electron chi connectivity index (χ0n) is 14.3. The molecule has 0 amide bonds. The van der Waals surface area contributed by atoms with E-state index in [9.17, 15) is 13.2 Å². The molecular weight excluding hydrogens is 371 g/mol. The standard InChI is InChI=1S/C18H14F3N7/c19-12-4-2-6-14(15(12)21)26-18(27-28-24)11-7-9(8-25-17(11)23)10-3-1-5-13(20)16(10)22/h1-8H,22H2,(H2,23,25)(H2,24,26,27). The Hall–Kier alpha value is -3.95. The van der Waals surface area contributed by atoms with Crippen LogP contribution in [0.4, 0.5) is 30.4 Å². The minimum absolute atomic E-state index is 0.0262. The number of hydrogen-bond donors (Lipinski definition) is 3.